The first-order chi connectivity index (χ1) is 18.7. The van der Waals surface area contributed by atoms with Gasteiger partial charge in [0.15, 0.2) is 6.61 Å². The number of nitrogen functional groups attached to an aromatic ring is 1. The number of ether oxygens (including phenoxy) is 1. The minimum atomic E-state index is -1.05. The van der Waals surface area contributed by atoms with Gasteiger partial charge >= 0.3 is 5.97 Å². The predicted octanol–water partition coefficient (Wildman–Crippen LogP) is 1.16. The molecule has 0 radical (unpaired) electrons. The van der Waals surface area contributed by atoms with Crippen molar-refractivity contribution < 1.29 is 29.0 Å². The zero-order valence-electron chi connectivity index (χ0n) is 20.5. The van der Waals surface area contributed by atoms with E-state index in [1.54, 1.807) is 37.3 Å². The second kappa shape index (κ2) is 10.1. The van der Waals surface area contributed by atoms with Gasteiger partial charge in [0.25, 0.3) is 23.5 Å². The second-order valence-electron chi connectivity index (χ2n) is 8.68. The van der Waals surface area contributed by atoms with Crippen molar-refractivity contribution in [1.29, 1.82) is 0 Å². The summed E-state index contributed by atoms with van der Waals surface area (Å²) < 4.78 is 6.48. The lowest BCUT2D eigenvalue weighted by molar-refractivity contribution is -0.118. The summed E-state index contributed by atoms with van der Waals surface area (Å²) in [4.78, 5) is 57.0. The van der Waals surface area contributed by atoms with E-state index < -0.39 is 23.8 Å². The number of nitrogens with zero attached hydrogens (tertiary/aromatic N) is 4. The minimum absolute atomic E-state index is 0.0255. The molecule has 5 rings (SSSR count). The standard InChI is InChI=1S/C25H22N8O6/c1-12(14-3-5-15(6-4-14)23(37)38)28-21(35)17-9-18(33-25(30-17)31-24(26)32-33)22(36)27-10-13-2-7-19-16(8-13)29-20(34)11-39-19/h2-9,12H,10-11H2,1H3,(H2,26,32)(H,27,36)(H,28,35)(H,29,34)(H,37,38)/t12-/m0/s1. The van der Waals surface area contributed by atoms with E-state index in [2.05, 4.69) is 31.0 Å². The molecule has 39 heavy (non-hydrogen) atoms. The van der Waals surface area contributed by atoms with Crippen LogP contribution in [0.1, 0.15) is 55.4 Å². The Kier molecular flexibility index (Phi) is 6.50. The lowest BCUT2D eigenvalue weighted by atomic mass is 10.1. The largest absolute Gasteiger partial charge is 0.482 e. The van der Waals surface area contributed by atoms with E-state index in [1.807, 2.05) is 0 Å². The van der Waals surface area contributed by atoms with Gasteiger partial charge in [-0.15, -0.1) is 5.10 Å². The number of carbonyl (C=O) groups is 4. The van der Waals surface area contributed by atoms with Crippen LogP contribution in [0.3, 0.4) is 0 Å². The monoisotopic (exact) mass is 530 g/mol. The Morgan fingerprint density at radius 2 is 1.90 bits per heavy atom. The molecule has 0 saturated carbocycles. The van der Waals surface area contributed by atoms with Crippen LogP contribution in [0.5, 0.6) is 5.75 Å². The summed E-state index contributed by atoms with van der Waals surface area (Å²) in [6, 6.07) is 12.0. The molecule has 1 aliphatic heterocycles. The molecule has 14 nitrogen and oxygen atoms in total. The van der Waals surface area contributed by atoms with Crippen molar-refractivity contribution >= 4 is 41.1 Å². The molecule has 0 saturated heterocycles. The number of anilines is 2. The highest BCUT2D eigenvalue weighted by Gasteiger charge is 2.21. The first-order valence-electron chi connectivity index (χ1n) is 11.7. The maximum atomic E-state index is 13.1. The smallest absolute Gasteiger partial charge is 0.335 e. The van der Waals surface area contributed by atoms with Crippen molar-refractivity contribution in [2.45, 2.75) is 19.5 Å². The number of aromatic carboxylic acids is 1. The third kappa shape index (κ3) is 5.29. The van der Waals surface area contributed by atoms with E-state index in [0.29, 0.717) is 22.6 Å². The molecular weight excluding hydrogens is 508 g/mol. The molecule has 0 unspecified atom stereocenters. The molecule has 6 N–H and O–H groups in total. The number of hydrogen-bond acceptors (Lipinski definition) is 9. The molecule has 14 heteroatoms. The average Bonchev–Trinajstić information content (AvgIpc) is 3.30. The molecule has 0 fully saturated rings. The van der Waals surface area contributed by atoms with E-state index in [1.165, 1.54) is 18.2 Å². The number of benzene rings is 2. The molecule has 1 aliphatic rings. The molecular formula is C25H22N8O6. The van der Waals surface area contributed by atoms with Crippen LogP contribution in [0.4, 0.5) is 11.6 Å². The van der Waals surface area contributed by atoms with E-state index in [-0.39, 0.29) is 47.7 Å². The van der Waals surface area contributed by atoms with Crippen molar-refractivity contribution in [3.8, 4) is 5.75 Å². The highest BCUT2D eigenvalue weighted by atomic mass is 16.5. The number of carboxylic acids is 1. The van der Waals surface area contributed by atoms with Gasteiger partial charge in [0.1, 0.15) is 17.1 Å². The SMILES string of the molecule is C[C@H](NC(=O)c1cc(C(=O)NCc2ccc3c(c2)NC(=O)CO3)n2nc(N)nc2n1)c1ccc(C(=O)O)cc1. The van der Waals surface area contributed by atoms with Gasteiger partial charge < -0.3 is 31.5 Å². The summed E-state index contributed by atoms with van der Waals surface area (Å²) in [5, 5.41) is 21.3. The van der Waals surface area contributed by atoms with Crippen LogP contribution in [0.15, 0.2) is 48.5 Å². The Balaban J connectivity index is 1.34. The Morgan fingerprint density at radius 1 is 1.13 bits per heavy atom. The van der Waals surface area contributed by atoms with E-state index >= 15 is 0 Å². The Morgan fingerprint density at radius 3 is 2.64 bits per heavy atom. The lowest BCUT2D eigenvalue weighted by Gasteiger charge is -2.18. The van der Waals surface area contributed by atoms with Gasteiger partial charge in [-0.1, -0.05) is 18.2 Å². The van der Waals surface area contributed by atoms with Gasteiger partial charge in [-0.25, -0.2) is 9.78 Å². The molecule has 2 aromatic heterocycles. The summed E-state index contributed by atoms with van der Waals surface area (Å²) in [5.41, 5.74) is 7.58. The van der Waals surface area contributed by atoms with E-state index in [0.717, 1.165) is 4.52 Å². The number of rotatable bonds is 7. The minimum Gasteiger partial charge on any atom is -0.482 e. The van der Waals surface area contributed by atoms with Crippen molar-refractivity contribution in [3.63, 3.8) is 0 Å². The Bertz CT molecular complexity index is 1630. The molecule has 198 valence electrons. The number of carbonyl (C=O) groups excluding carboxylic acids is 3. The van der Waals surface area contributed by atoms with E-state index in [9.17, 15) is 19.2 Å². The number of nitrogens with one attached hydrogen (secondary N) is 3. The molecule has 4 aromatic rings. The summed E-state index contributed by atoms with van der Waals surface area (Å²) >= 11 is 0. The number of fused-ring (bicyclic) bond motifs is 2. The maximum Gasteiger partial charge on any atom is 0.335 e. The highest BCUT2D eigenvalue weighted by Crippen LogP contribution is 2.28. The predicted molar refractivity (Wildman–Crippen MR) is 136 cm³/mol. The first kappa shape index (κ1) is 25.1. The molecule has 2 aromatic carbocycles. The van der Waals surface area contributed by atoms with Crippen molar-refractivity contribution in [3.05, 3.63) is 76.6 Å². The molecule has 1 atom stereocenters. The summed E-state index contributed by atoms with van der Waals surface area (Å²) in [7, 11) is 0. The van der Waals surface area contributed by atoms with Crippen molar-refractivity contribution in [1.82, 2.24) is 30.2 Å². The van der Waals surface area contributed by atoms with Gasteiger partial charge in [-0.2, -0.15) is 9.50 Å². The molecule has 0 spiro atoms. The number of aromatic nitrogens is 4. The Hall–Kier alpha value is -5.53. The van der Waals surface area contributed by atoms with Crippen LogP contribution in [-0.2, 0) is 11.3 Å². The molecule has 3 heterocycles. The molecule has 3 amide bonds. The number of nitrogens with two attached hydrogens (primary N) is 1. The normalized spacial score (nSPS) is 13.1. The average molecular weight is 531 g/mol. The fourth-order valence-electron chi connectivity index (χ4n) is 3.94. The summed E-state index contributed by atoms with van der Waals surface area (Å²) in [5.74, 6) is -2.14. The van der Waals surface area contributed by atoms with Crippen LogP contribution < -0.4 is 26.4 Å². The van der Waals surface area contributed by atoms with Crippen molar-refractivity contribution in [2.75, 3.05) is 17.7 Å². The fourth-order valence-corrected chi connectivity index (χ4v) is 3.94. The topological polar surface area (TPSA) is 203 Å². The van der Waals surface area contributed by atoms with Crippen LogP contribution in [0.2, 0.25) is 0 Å². The van der Waals surface area contributed by atoms with Crippen LogP contribution in [0.25, 0.3) is 5.78 Å². The third-order valence-electron chi connectivity index (χ3n) is 5.93. The van der Waals surface area contributed by atoms with Gasteiger partial charge in [0.05, 0.1) is 17.3 Å². The fraction of sp³-hybridized carbons (Fsp3) is 0.160. The van der Waals surface area contributed by atoms with Crippen LogP contribution in [-0.4, -0.2) is 55.0 Å². The van der Waals surface area contributed by atoms with Gasteiger partial charge in [-0.3, -0.25) is 14.4 Å². The summed E-state index contributed by atoms with van der Waals surface area (Å²) in [6.45, 7) is 1.76. The van der Waals surface area contributed by atoms with Gasteiger partial charge in [0.2, 0.25) is 5.95 Å². The quantitative estimate of drug-likeness (QED) is 0.231. The third-order valence-corrected chi connectivity index (χ3v) is 5.93. The van der Waals surface area contributed by atoms with Crippen molar-refractivity contribution in [2.24, 2.45) is 0 Å². The lowest BCUT2D eigenvalue weighted by Crippen LogP contribution is -2.30. The van der Waals surface area contributed by atoms with Gasteiger partial charge in [0, 0.05) is 12.6 Å². The maximum absolute atomic E-state index is 13.1. The number of hydrogen-bond donors (Lipinski definition) is 5. The highest BCUT2D eigenvalue weighted by molar-refractivity contribution is 5.98. The zero-order valence-corrected chi connectivity index (χ0v) is 20.5. The second-order valence-corrected chi connectivity index (χ2v) is 8.68. The number of carboxylic acid groups (broad SMARTS) is 1. The summed E-state index contributed by atoms with van der Waals surface area (Å²) in [6.07, 6.45) is 0. The Labute approximate surface area is 220 Å². The van der Waals surface area contributed by atoms with E-state index in [4.69, 9.17) is 15.6 Å². The van der Waals surface area contributed by atoms with Gasteiger partial charge in [-0.05, 0) is 42.3 Å². The van der Waals surface area contributed by atoms with Crippen LogP contribution >= 0.6 is 0 Å². The number of amides is 3. The van der Waals surface area contributed by atoms with Crippen LogP contribution in [0, 0.1) is 0 Å². The first-order valence-corrected chi connectivity index (χ1v) is 11.7. The molecule has 0 aliphatic carbocycles. The molecule has 0 bridgehead atoms. The zero-order chi connectivity index (χ0) is 27.7.